The van der Waals surface area contributed by atoms with Crippen molar-refractivity contribution in [2.75, 3.05) is 56.8 Å². The second-order valence-corrected chi connectivity index (χ2v) is 9.43. The summed E-state index contributed by atoms with van der Waals surface area (Å²) in [5.41, 5.74) is 5.42. The minimum absolute atomic E-state index is 0.754. The molecule has 0 aromatic heterocycles. The molecule has 144 valence electrons. The molecule has 0 aromatic carbocycles. The summed E-state index contributed by atoms with van der Waals surface area (Å²) in [7, 11) is 3.25. The molecule has 0 saturated heterocycles. The van der Waals surface area contributed by atoms with Crippen molar-refractivity contribution in [2.45, 2.75) is 39.5 Å². The van der Waals surface area contributed by atoms with Crippen molar-refractivity contribution in [1.29, 1.82) is 0 Å². The molecule has 0 aliphatic rings. The number of nitrogens with two attached hydrogens (primary N) is 1. The molecule has 0 saturated carbocycles. The van der Waals surface area contributed by atoms with Gasteiger partial charge in [-0.3, -0.25) is 0 Å². The number of unbranched alkanes of at least 4 members (excludes halogenated alkanes) is 1. The summed E-state index contributed by atoms with van der Waals surface area (Å²) >= 11 is 2.33. The number of alkyl halides is 1. The fourth-order valence-electron chi connectivity index (χ4n) is 1.81. The normalized spacial score (nSPS) is 10.4. The van der Waals surface area contributed by atoms with Gasteiger partial charge in [0.1, 0.15) is 0 Å². The third-order valence-electron chi connectivity index (χ3n) is 3.02. The number of hydrogen-bond acceptors (Lipinski definition) is 4. The molecule has 0 aliphatic heterocycles. The first kappa shape index (κ1) is 27.4. The summed E-state index contributed by atoms with van der Waals surface area (Å²) in [5, 5.41) is 10.3. The Hall–Kier alpha value is 1.15. The molecule has 5 N–H and O–H groups in total. The Labute approximate surface area is 169 Å². The van der Waals surface area contributed by atoms with Crippen LogP contribution in [0.1, 0.15) is 39.5 Å². The average molecular weight is 488 g/mol. The van der Waals surface area contributed by atoms with Crippen molar-refractivity contribution in [3.63, 3.8) is 0 Å². The molecule has 0 amide bonds. The van der Waals surface area contributed by atoms with Crippen molar-refractivity contribution < 1.29 is 0 Å². The summed E-state index contributed by atoms with van der Waals surface area (Å²) in [6.07, 6.45) is 7.02. The quantitative estimate of drug-likeness (QED) is 0.0942. The predicted octanol–water partition coefficient (Wildman–Crippen LogP) is 2.50. The van der Waals surface area contributed by atoms with Gasteiger partial charge in [-0.05, 0) is 77.4 Å². The molecule has 0 unspecified atom stereocenters. The third-order valence-corrected chi connectivity index (χ3v) is 5.66. The van der Waals surface area contributed by atoms with E-state index in [1.54, 1.807) is 0 Å². The van der Waals surface area contributed by atoms with E-state index in [0.717, 1.165) is 62.5 Å². The van der Waals surface area contributed by atoms with E-state index in [9.17, 15) is 0 Å². The Balaban J connectivity index is 0. The van der Waals surface area contributed by atoms with E-state index < -0.39 is 0 Å². The van der Waals surface area contributed by atoms with Gasteiger partial charge in [-0.25, -0.2) is 0 Å². The van der Waals surface area contributed by atoms with Gasteiger partial charge in [0.2, 0.25) is 0 Å². The third kappa shape index (κ3) is 31.0. The topological polar surface area (TPSA) is 62.1 Å². The molecule has 24 heavy (non-hydrogen) atoms. The van der Waals surface area contributed by atoms with E-state index in [0.29, 0.717) is 0 Å². The fraction of sp³-hybridized carbons (Fsp3) is 1.00. The Morgan fingerprint density at radius 2 is 1.50 bits per heavy atom. The SMILES string of the molecule is CC(C)CNCCCNCCCCNCCCN.CP=S=BCI. The van der Waals surface area contributed by atoms with Crippen LogP contribution in [0.15, 0.2) is 0 Å². The van der Waals surface area contributed by atoms with Crippen LogP contribution in [-0.4, -0.2) is 63.0 Å². The maximum atomic E-state index is 5.42. The molecule has 0 spiro atoms. The van der Waals surface area contributed by atoms with Gasteiger partial charge in [0.25, 0.3) is 0 Å². The summed E-state index contributed by atoms with van der Waals surface area (Å²) in [5.74, 6) is 0.754. The van der Waals surface area contributed by atoms with Crippen molar-refractivity contribution in [2.24, 2.45) is 11.7 Å². The van der Waals surface area contributed by atoms with Crippen molar-refractivity contribution in [1.82, 2.24) is 16.0 Å². The van der Waals surface area contributed by atoms with Crippen LogP contribution in [0.3, 0.4) is 0 Å². The Morgan fingerprint density at radius 1 is 0.958 bits per heavy atom. The van der Waals surface area contributed by atoms with Gasteiger partial charge in [-0.1, -0.05) is 13.8 Å². The molecule has 0 atom stereocenters. The Bertz CT molecular complexity index is 293. The number of halogens is 1. The second-order valence-electron chi connectivity index (χ2n) is 5.91. The van der Waals surface area contributed by atoms with E-state index in [4.69, 9.17) is 5.73 Å². The van der Waals surface area contributed by atoms with E-state index in [2.05, 4.69) is 65.2 Å². The van der Waals surface area contributed by atoms with Gasteiger partial charge in [-0.15, -0.1) is 0 Å². The predicted molar refractivity (Wildman–Crippen MR) is 126 cm³/mol. The van der Waals surface area contributed by atoms with Gasteiger partial charge in [0.05, 0.1) is 0 Å². The summed E-state index contributed by atoms with van der Waals surface area (Å²) in [6, 6.07) is 0. The first-order valence-corrected chi connectivity index (χ1v) is 13.5. The van der Waals surface area contributed by atoms with Gasteiger partial charge in [-0.2, -0.15) is 0 Å². The zero-order valence-electron chi connectivity index (χ0n) is 16.0. The van der Waals surface area contributed by atoms with Crippen LogP contribution < -0.4 is 21.7 Å². The van der Waals surface area contributed by atoms with E-state index in [1.165, 1.54) is 26.6 Å². The Morgan fingerprint density at radius 3 is 1.96 bits per heavy atom. The van der Waals surface area contributed by atoms with E-state index in [-0.39, 0.29) is 0 Å². The fourth-order valence-corrected chi connectivity index (χ4v) is 4.08. The van der Waals surface area contributed by atoms with Crippen LogP contribution >= 0.6 is 29.9 Å². The Kier molecular flexibility index (Phi) is 30.1. The van der Waals surface area contributed by atoms with E-state index >= 15 is 0 Å². The molecule has 8 heteroatoms. The average Bonchev–Trinajstić information content (AvgIpc) is 2.57. The van der Waals surface area contributed by atoms with Crippen LogP contribution in [0, 0.1) is 5.92 Å². The molecule has 0 fully saturated rings. The van der Waals surface area contributed by atoms with Crippen molar-refractivity contribution in [3.05, 3.63) is 0 Å². The zero-order chi connectivity index (χ0) is 18.3. The number of nitrogens with one attached hydrogen (secondary N) is 3. The van der Waals surface area contributed by atoms with Crippen LogP contribution in [0.25, 0.3) is 0 Å². The molecule has 0 aliphatic carbocycles. The summed E-state index contributed by atoms with van der Waals surface area (Å²) < 4.78 is 1.16. The van der Waals surface area contributed by atoms with Crippen LogP contribution in [-0.2, 0) is 10.4 Å². The molecule has 0 rings (SSSR count). The molecule has 4 nitrogen and oxygen atoms in total. The van der Waals surface area contributed by atoms with Gasteiger partial charge in [0.15, 0.2) is 0 Å². The molecule has 0 radical (unpaired) electrons. The number of hydrogen-bond donors (Lipinski definition) is 4. The first-order chi connectivity index (χ1) is 11.7. The maximum absolute atomic E-state index is 5.42. The van der Waals surface area contributed by atoms with Crippen molar-refractivity contribution >= 4 is 46.5 Å². The monoisotopic (exact) mass is 488 g/mol. The van der Waals surface area contributed by atoms with Gasteiger partial charge < -0.3 is 21.7 Å². The van der Waals surface area contributed by atoms with E-state index in [1.807, 2.05) is 10.4 Å². The van der Waals surface area contributed by atoms with Crippen LogP contribution in [0.2, 0.25) is 0 Å². The van der Waals surface area contributed by atoms with Gasteiger partial charge >= 0.3 is 57.5 Å². The minimum atomic E-state index is 0.754. The van der Waals surface area contributed by atoms with Crippen molar-refractivity contribution in [3.8, 4) is 0 Å². The molecule has 0 heterocycles. The first-order valence-electron chi connectivity index (χ1n) is 9.13. The standard InChI is InChI=1S/C14H34N4.C2H5BIPS/c1-14(2)13-18-12-6-11-17-9-4-3-8-16-10-5-7-15;1-5-6-3-2-4/h14,16-18H,3-13,15H2,1-2H3;2H2,1H3. The zero-order valence-corrected chi connectivity index (χ0v) is 19.8. The molecule has 0 bridgehead atoms. The van der Waals surface area contributed by atoms with Gasteiger partial charge in [0, 0.05) is 0 Å². The summed E-state index contributed by atoms with van der Waals surface area (Å²) in [4.78, 5) is 0. The molecule has 0 aromatic rings. The number of rotatable bonds is 15. The van der Waals surface area contributed by atoms with Crippen LogP contribution in [0.5, 0.6) is 0 Å². The molecular weight excluding hydrogens is 449 g/mol. The summed E-state index contributed by atoms with van der Waals surface area (Å²) in [6.45, 7) is 14.1. The molecular formula is C16H39BIN4PS. The van der Waals surface area contributed by atoms with Crippen LogP contribution in [0.4, 0.5) is 0 Å². The second kappa shape index (κ2) is 26.4.